The van der Waals surface area contributed by atoms with Gasteiger partial charge in [-0.05, 0) is 18.9 Å². The highest BCUT2D eigenvalue weighted by Crippen LogP contribution is 2.16. The lowest BCUT2D eigenvalue weighted by Crippen LogP contribution is -2.37. The number of fused-ring (bicyclic) bond motifs is 1. The number of benzene rings is 1. The molecule has 1 N–H and O–H groups in total. The molecule has 2 aromatic rings. The van der Waals surface area contributed by atoms with Gasteiger partial charge in [0.1, 0.15) is 0 Å². The van der Waals surface area contributed by atoms with E-state index in [9.17, 15) is 18.0 Å². The SMILES string of the molecule is CCCCn1nc(C(=O)NC2CCS(=O)(=O)C2)c2ccccc2c1=O. The molecule has 1 aromatic heterocycles. The highest BCUT2D eigenvalue weighted by atomic mass is 32.2. The van der Waals surface area contributed by atoms with E-state index < -0.39 is 21.8 Å². The van der Waals surface area contributed by atoms with E-state index in [1.807, 2.05) is 6.92 Å². The molecule has 1 saturated heterocycles. The van der Waals surface area contributed by atoms with Crippen molar-refractivity contribution in [2.75, 3.05) is 11.5 Å². The number of unbranched alkanes of at least 4 members (excludes halogenated alkanes) is 1. The lowest BCUT2D eigenvalue weighted by Gasteiger charge is -2.13. The van der Waals surface area contributed by atoms with Crippen molar-refractivity contribution < 1.29 is 13.2 Å². The Morgan fingerprint density at radius 1 is 1.32 bits per heavy atom. The molecular formula is C17H21N3O4S. The van der Waals surface area contributed by atoms with Gasteiger partial charge >= 0.3 is 0 Å². The molecule has 1 amide bonds. The van der Waals surface area contributed by atoms with Gasteiger partial charge in [-0.3, -0.25) is 9.59 Å². The average molecular weight is 363 g/mol. The normalized spacial score (nSPS) is 19.2. The molecule has 134 valence electrons. The van der Waals surface area contributed by atoms with Gasteiger partial charge in [0.25, 0.3) is 11.5 Å². The van der Waals surface area contributed by atoms with E-state index in [2.05, 4.69) is 10.4 Å². The van der Waals surface area contributed by atoms with Crippen LogP contribution in [0, 0.1) is 0 Å². The third kappa shape index (κ3) is 3.73. The molecule has 1 unspecified atom stereocenters. The molecule has 1 aliphatic heterocycles. The topological polar surface area (TPSA) is 98.1 Å². The molecule has 0 saturated carbocycles. The van der Waals surface area contributed by atoms with Crippen molar-refractivity contribution in [3.63, 3.8) is 0 Å². The summed E-state index contributed by atoms with van der Waals surface area (Å²) in [5.74, 6) is -0.405. The number of sulfone groups is 1. The minimum Gasteiger partial charge on any atom is -0.347 e. The minimum absolute atomic E-state index is 0.0495. The Bertz CT molecular complexity index is 966. The van der Waals surface area contributed by atoms with Gasteiger partial charge in [-0.15, -0.1) is 0 Å². The Morgan fingerprint density at radius 2 is 2.04 bits per heavy atom. The van der Waals surface area contributed by atoms with Crippen LogP contribution in [0.15, 0.2) is 29.1 Å². The summed E-state index contributed by atoms with van der Waals surface area (Å²) < 4.78 is 24.5. The molecule has 25 heavy (non-hydrogen) atoms. The van der Waals surface area contributed by atoms with E-state index in [4.69, 9.17) is 0 Å². The van der Waals surface area contributed by atoms with Crippen molar-refractivity contribution in [1.82, 2.24) is 15.1 Å². The van der Waals surface area contributed by atoms with Crippen LogP contribution in [-0.4, -0.2) is 41.7 Å². The van der Waals surface area contributed by atoms with Crippen LogP contribution < -0.4 is 10.9 Å². The van der Waals surface area contributed by atoms with Crippen LogP contribution in [0.25, 0.3) is 10.8 Å². The first-order valence-electron chi connectivity index (χ1n) is 8.42. The number of carbonyl (C=O) groups excluding carboxylic acids is 1. The number of nitrogens with one attached hydrogen (secondary N) is 1. The second-order valence-corrected chi connectivity index (χ2v) is 8.58. The quantitative estimate of drug-likeness (QED) is 0.858. The number of amides is 1. The zero-order valence-corrected chi connectivity index (χ0v) is 14.9. The fourth-order valence-electron chi connectivity index (χ4n) is 3.02. The number of rotatable bonds is 5. The predicted molar refractivity (Wildman–Crippen MR) is 95.4 cm³/mol. The Balaban J connectivity index is 1.98. The van der Waals surface area contributed by atoms with Gasteiger partial charge in [-0.1, -0.05) is 31.5 Å². The molecule has 1 aliphatic rings. The van der Waals surface area contributed by atoms with Crippen molar-refractivity contribution in [3.8, 4) is 0 Å². The zero-order valence-electron chi connectivity index (χ0n) is 14.1. The first-order valence-corrected chi connectivity index (χ1v) is 10.2. The van der Waals surface area contributed by atoms with Crippen LogP contribution in [0.4, 0.5) is 0 Å². The van der Waals surface area contributed by atoms with Crippen LogP contribution in [0.3, 0.4) is 0 Å². The summed E-state index contributed by atoms with van der Waals surface area (Å²) in [4.78, 5) is 25.2. The number of nitrogens with zero attached hydrogens (tertiary/aromatic N) is 2. The van der Waals surface area contributed by atoms with Gasteiger partial charge in [0.05, 0.1) is 16.9 Å². The van der Waals surface area contributed by atoms with Gasteiger partial charge in [-0.2, -0.15) is 5.10 Å². The minimum atomic E-state index is -3.08. The van der Waals surface area contributed by atoms with E-state index >= 15 is 0 Å². The van der Waals surface area contributed by atoms with Crippen LogP contribution in [0.1, 0.15) is 36.7 Å². The maximum absolute atomic E-state index is 12.7. The first kappa shape index (κ1) is 17.6. The summed E-state index contributed by atoms with van der Waals surface area (Å²) >= 11 is 0. The van der Waals surface area contributed by atoms with Gasteiger partial charge in [0.2, 0.25) is 0 Å². The molecule has 0 spiro atoms. The van der Waals surface area contributed by atoms with Crippen LogP contribution >= 0.6 is 0 Å². The number of hydrogen-bond acceptors (Lipinski definition) is 5. The molecular weight excluding hydrogens is 342 g/mol. The number of carbonyl (C=O) groups is 1. The Labute approximate surface area is 146 Å². The molecule has 0 aliphatic carbocycles. The summed E-state index contributed by atoms with van der Waals surface area (Å²) in [7, 11) is -3.08. The van der Waals surface area contributed by atoms with Crippen LogP contribution in [0.2, 0.25) is 0 Å². The van der Waals surface area contributed by atoms with E-state index in [0.29, 0.717) is 23.7 Å². The van der Waals surface area contributed by atoms with Crippen molar-refractivity contribution >= 4 is 26.5 Å². The molecule has 1 fully saturated rings. The Hall–Kier alpha value is -2.22. The highest BCUT2D eigenvalue weighted by molar-refractivity contribution is 7.91. The first-order chi connectivity index (χ1) is 11.9. The van der Waals surface area contributed by atoms with Gasteiger partial charge < -0.3 is 5.32 Å². The summed E-state index contributed by atoms with van der Waals surface area (Å²) in [6, 6.07) is 6.46. The smallest absolute Gasteiger partial charge is 0.274 e. The van der Waals surface area contributed by atoms with Crippen molar-refractivity contribution in [2.24, 2.45) is 0 Å². The fourth-order valence-corrected chi connectivity index (χ4v) is 4.70. The van der Waals surface area contributed by atoms with Gasteiger partial charge in [0.15, 0.2) is 15.5 Å². The summed E-state index contributed by atoms with van der Waals surface area (Å²) in [5, 5.41) is 7.94. The van der Waals surface area contributed by atoms with Crippen molar-refractivity contribution in [1.29, 1.82) is 0 Å². The molecule has 1 atom stereocenters. The monoisotopic (exact) mass is 363 g/mol. The number of aryl methyl sites for hydroxylation is 1. The highest BCUT2D eigenvalue weighted by Gasteiger charge is 2.30. The summed E-state index contributed by atoms with van der Waals surface area (Å²) in [5.41, 5.74) is -0.0559. The third-order valence-corrected chi connectivity index (χ3v) is 6.14. The molecule has 0 radical (unpaired) electrons. The fraction of sp³-hybridized carbons (Fsp3) is 0.471. The van der Waals surface area contributed by atoms with Gasteiger partial charge in [0, 0.05) is 18.0 Å². The Kier molecular flexibility index (Phi) is 4.89. The van der Waals surface area contributed by atoms with Crippen molar-refractivity contribution in [3.05, 3.63) is 40.3 Å². The lowest BCUT2D eigenvalue weighted by atomic mass is 10.1. The van der Waals surface area contributed by atoms with E-state index in [-0.39, 0.29) is 22.8 Å². The molecule has 0 bridgehead atoms. The second-order valence-electron chi connectivity index (χ2n) is 6.35. The van der Waals surface area contributed by atoms with E-state index in [0.717, 1.165) is 12.8 Å². The maximum atomic E-state index is 12.7. The van der Waals surface area contributed by atoms with Crippen molar-refractivity contribution in [2.45, 2.75) is 38.8 Å². The molecule has 2 heterocycles. The second kappa shape index (κ2) is 6.95. The third-order valence-electron chi connectivity index (χ3n) is 4.37. The van der Waals surface area contributed by atoms with Crippen LogP contribution in [-0.2, 0) is 16.4 Å². The zero-order chi connectivity index (χ0) is 18.0. The molecule has 8 heteroatoms. The number of aromatic nitrogens is 2. The summed E-state index contributed by atoms with van der Waals surface area (Å²) in [6.45, 7) is 2.46. The molecule has 3 rings (SSSR count). The van der Waals surface area contributed by atoms with E-state index in [1.54, 1.807) is 24.3 Å². The molecule has 1 aromatic carbocycles. The average Bonchev–Trinajstić information content (AvgIpc) is 2.93. The van der Waals surface area contributed by atoms with E-state index in [1.165, 1.54) is 4.68 Å². The lowest BCUT2D eigenvalue weighted by molar-refractivity contribution is 0.0935. The largest absolute Gasteiger partial charge is 0.347 e. The predicted octanol–water partition coefficient (Wildman–Crippen LogP) is 1.11. The molecule has 7 nitrogen and oxygen atoms in total. The maximum Gasteiger partial charge on any atom is 0.274 e. The number of hydrogen-bond donors (Lipinski definition) is 1. The Morgan fingerprint density at radius 3 is 2.68 bits per heavy atom. The van der Waals surface area contributed by atoms with Crippen LogP contribution in [0.5, 0.6) is 0 Å². The standard InChI is InChI=1S/C17H21N3O4S/c1-2-3-9-20-17(22)14-7-5-4-6-13(14)15(19-20)16(21)18-12-8-10-25(23,24)11-12/h4-7,12H,2-3,8-11H2,1H3,(H,18,21). The van der Waals surface area contributed by atoms with Gasteiger partial charge in [-0.25, -0.2) is 13.1 Å². The summed E-state index contributed by atoms with van der Waals surface area (Å²) in [6.07, 6.45) is 2.09.